The van der Waals surface area contributed by atoms with Crippen LogP contribution >= 0.6 is 0 Å². The van der Waals surface area contributed by atoms with E-state index in [2.05, 4.69) is 31.0 Å². The van der Waals surface area contributed by atoms with Crippen molar-refractivity contribution in [1.29, 1.82) is 0 Å². The van der Waals surface area contributed by atoms with Gasteiger partial charge in [-0.25, -0.2) is 4.98 Å². The summed E-state index contributed by atoms with van der Waals surface area (Å²) in [5.74, 6) is 1.61. The fourth-order valence-electron chi connectivity index (χ4n) is 3.63. The molecule has 0 aliphatic heterocycles. The monoisotopic (exact) mass is 380 g/mol. The molecule has 0 radical (unpaired) electrons. The molecule has 3 aromatic heterocycles. The quantitative estimate of drug-likeness (QED) is 0.370. The maximum absolute atomic E-state index is 6.11. The molecule has 0 bridgehead atoms. The zero-order chi connectivity index (χ0) is 19.8. The minimum atomic E-state index is 0.420. The summed E-state index contributed by atoms with van der Waals surface area (Å²) in [6, 6.07) is 22.0. The number of para-hydroxylation sites is 1. The van der Waals surface area contributed by atoms with Gasteiger partial charge in [-0.1, -0.05) is 30.3 Å². The Kier molecular flexibility index (Phi) is 4.24. The van der Waals surface area contributed by atoms with Crippen LogP contribution in [0.4, 0.5) is 0 Å². The molecular formula is C25H20N2O2. The van der Waals surface area contributed by atoms with Crippen molar-refractivity contribution in [1.82, 2.24) is 9.97 Å². The number of furan rings is 1. The van der Waals surface area contributed by atoms with E-state index in [0.717, 1.165) is 55.9 Å². The molecule has 4 nitrogen and oxygen atoms in total. The number of aromatic nitrogens is 2. The van der Waals surface area contributed by atoms with Crippen molar-refractivity contribution in [2.75, 3.05) is 0 Å². The van der Waals surface area contributed by atoms with Crippen LogP contribution in [-0.4, -0.2) is 9.97 Å². The van der Waals surface area contributed by atoms with E-state index in [1.165, 1.54) is 0 Å². The Labute approximate surface area is 168 Å². The average Bonchev–Trinajstić information content (AvgIpc) is 3.11. The molecule has 4 heteroatoms. The largest absolute Gasteiger partial charge is 0.487 e. The SMILES string of the molecule is Cc1c(-c2ccc3c(OCc4ccccn4)ccc(C)c3n2)oc2ccccc12. The number of pyridine rings is 2. The first kappa shape index (κ1) is 17.4. The first-order valence-electron chi connectivity index (χ1n) is 9.62. The Morgan fingerprint density at radius 1 is 0.862 bits per heavy atom. The third kappa shape index (κ3) is 3.13. The average molecular weight is 380 g/mol. The molecule has 0 atom stereocenters. The van der Waals surface area contributed by atoms with Crippen LogP contribution in [0.25, 0.3) is 33.3 Å². The summed E-state index contributed by atoms with van der Waals surface area (Å²) in [7, 11) is 0. The number of hydrogen-bond donors (Lipinski definition) is 0. The van der Waals surface area contributed by atoms with E-state index in [4.69, 9.17) is 14.1 Å². The lowest BCUT2D eigenvalue weighted by molar-refractivity contribution is 0.305. The molecule has 142 valence electrons. The summed E-state index contributed by atoms with van der Waals surface area (Å²) < 4.78 is 12.2. The van der Waals surface area contributed by atoms with Crippen molar-refractivity contribution in [3.63, 3.8) is 0 Å². The highest BCUT2D eigenvalue weighted by atomic mass is 16.5. The van der Waals surface area contributed by atoms with Gasteiger partial charge in [0.25, 0.3) is 0 Å². The van der Waals surface area contributed by atoms with Crippen LogP contribution in [0.15, 0.2) is 77.3 Å². The van der Waals surface area contributed by atoms with Gasteiger partial charge in [0.15, 0.2) is 5.76 Å². The minimum absolute atomic E-state index is 0.420. The number of fused-ring (bicyclic) bond motifs is 2. The zero-order valence-corrected chi connectivity index (χ0v) is 16.3. The van der Waals surface area contributed by atoms with Gasteiger partial charge in [-0.05, 0) is 55.8 Å². The van der Waals surface area contributed by atoms with Gasteiger partial charge in [-0.15, -0.1) is 0 Å². The Hall–Kier alpha value is -3.66. The van der Waals surface area contributed by atoms with E-state index in [-0.39, 0.29) is 0 Å². The first-order valence-corrected chi connectivity index (χ1v) is 9.62. The molecule has 0 fully saturated rings. The number of hydrogen-bond acceptors (Lipinski definition) is 4. The lowest BCUT2D eigenvalue weighted by Gasteiger charge is -2.11. The molecule has 29 heavy (non-hydrogen) atoms. The van der Waals surface area contributed by atoms with E-state index in [9.17, 15) is 0 Å². The smallest absolute Gasteiger partial charge is 0.156 e. The van der Waals surface area contributed by atoms with Gasteiger partial charge in [0.2, 0.25) is 0 Å². The van der Waals surface area contributed by atoms with Crippen LogP contribution in [0, 0.1) is 13.8 Å². The van der Waals surface area contributed by atoms with Gasteiger partial charge in [0.1, 0.15) is 23.6 Å². The van der Waals surface area contributed by atoms with Crippen molar-refractivity contribution in [3.8, 4) is 17.2 Å². The topological polar surface area (TPSA) is 48.2 Å². The molecule has 0 unspecified atom stereocenters. The molecule has 5 rings (SSSR count). The summed E-state index contributed by atoms with van der Waals surface area (Å²) in [5.41, 5.74) is 5.72. The summed E-state index contributed by atoms with van der Waals surface area (Å²) in [6.45, 7) is 4.56. The van der Waals surface area contributed by atoms with Crippen LogP contribution in [0.2, 0.25) is 0 Å². The van der Waals surface area contributed by atoms with Gasteiger partial charge in [-0.3, -0.25) is 4.98 Å². The number of nitrogens with zero attached hydrogens (tertiary/aromatic N) is 2. The van der Waals surface area contributed by atoms with Crippen LogP contribution < -0.4 is 4.74 Å². The van der Waals surface area contributed by atoms with Gasteiger partial charge in [-0.2, -0.15) is 0 Å². The third-order valence-electron chi connectivity index (χ3n) is 5.20. The van der Waals surface area contributed by atoms with Gasteiger partial charge < -0.3 is 9.15 Å². The van der Waals surface area contributed by atoms with E-state index < -0.39 is 0 Å². The molecule has 0 aliphatic rings. The zero-order valence-electron chi connectivity index (χ0n) is 16.3. The Balaban J connectivity index is 1.56. The lowest BCUT2D eigenvalue weighted by Crippen LogP contribution is -1.99. The van der Waals surface area contributed by atoms with Crippen molar-refractivity contribution >= 4 is 21.9 Å². The first-order chi connectivity index (χ1) is 14.2. The molecule has 0 saturated heterocycles. The standard InChI is InChI=1S/C25H20N2O2/c1-16-10-13-22(28-15-18-7-5-6-14-26-18)20-11-12-21(27-24(16)20)25-17(2)19-8-3-4-9-23(19)29-25/h3-14H,15H2,1-2H3. The molecular weight excluding hydrogens is 360 g/mol. The summed E-state index contributed by atoms with van der Waals surface area (Å²) in [6.07, 6.45) is 1.77. The summed E-state index contributed by atoms with van der Waals surface area (Å²) in [5, 5.41) is 2.10. The summed E-state index contributed by atoms with van der Waals surface area (Å²) in [4.78, 5) is 9.25. The second kappa shape index (κ2) is 7.06. The Morgan fingerprint density at radius 2 is 1.72 bits per heavy atom. The Morgan fingerprint density at radius 3 is 2.55 bits per heavy atom. The van der Waals surface area contributed by atoms with Crippen LogP contribution in [0.1, 0.15) is 16.8 Å². The lowest BCUT2D eigenvalue weighted by atomic mass is 10.1. The highest BCUT2D eigenvalue weighted by Crippen LogP contribution is 2.35. The third-order valence-corrected chi connectivity index (χ3v) is 5.20. The fraction of sp³-hybridized carbons (Fsp3) is 0.120. The molecule has 5 aromatic rings. The minimum Gasteiger partial charge on any atom is -0.487 e. The molecule has 0 saturated carbocycles. The van der Waals surface area contributed by atoms with Crippen LogP contribution in [-0.2, 0) is 6.61 Å². The van der Waals surface area contributed by atoms with Gasteiger partial charge >= 0.3 is 0 Å². The van der Waals surface area contributed by atoms with Crippen LogP contribution in [0.5, 0.6) is 5.75 Å². The predicted octanol–water partition coefficient (Wildman–Crippen LogP) is 6.24. The van der Waals surface area contributed by atoms with E-state index in [1.807, 2.05) is 54.6 Å². The van der Waals surface area contributed by atoms with Gasteiger partial charge in [0.05, 0.1) is 11.2 Å². The second-order valence-electron chi connectivity index (χ2n) is 7.14. The number of benzene rings is 2. The summed E-state index contributed by atoms with van der Waals surface area (Å²) >= 11 is 0. The normalized spacial score (nSPS) is 11.2. The fourth-order valence-corrected chi connectivity index (χ4v) is 3.63. The number of aryl methyl sites for hydroxylation is 2. The predicted molar refractivity (Wildman–Crippen MR) is 115 cm³/mol. The number of rotatable bonds is 4. The van der Waals surface area contributed by atoms with E-state index >= 15 is 0 Å². The molecule has 0 amide bonds. The second-order valence-corrected chi connectivity index (χ2v) is 7.14. The van der Waals surface area contributed by atoms with Crippen molar-refractivity contribution < 1.29 is 9.15 Å². The van der Waals surface area contributed by atoms with Crippen LogP contribution in [0.3, 0.4) is 0 Å². The van der Waals surface area contributed by atoms with Crippen molar-refractivity contribution in [2.45, 2.75) is 20.5 Å². The highest BCUT2D eigenvalue weighted by molar-refractivity contribution is 5.91. The van der Waals surface area contributed by atoms with Crippen molar-refractivity contribution in [3.05, 3.63) is 89.7 Å². The van der Waals surface area contributed by atoms with Gasteiger partial charge in [0, 0.05) is 22.5 Å². The van der Waals surface area contributed by atoms with E-state index in [1.54, 1.807) is 6.20 Å². The maximum Gasteiger partial charge on any atom is 0.156 e. The van der Waals surface area contributed by atoms with E-state index in [0.29, 0.717) is 6.61 Å². The molecule has 3 heterocycles. The maximum atomic E-state index is 6.11. The number of ether oxygens (including phenoxy) is 1. The molecule has 0 aliphatic carbocycles. The molecule has 0 spiro atoms. The molecule has 2 aromatic carbocycles. The Bertz CT molecular complexity index is 1320. The van der Waals surface area contributed by atoms with Crippen molar-refractivity contribution in [2.24, 2.45) is 0 Å². The molecule has 0 N–H and O–H groups in total. The highest BCUT2D eigenvalue weighted by Gasteiger charge is 2.15.